The number of carbonyl (C=O) groups is 1. The lowest BCUT2D eigenvalue weighted by Gasteiger charge is -2.16. The number of nitrogens with zero attached hydrogens (tertiary/aromatic N) is 1. The average Bonchev–Trinajstić information content (AvgIpc) is 2.79. The number of hydrogen-bond donors (Lipinski definition) is 1. The van der Waals surface area contributed by atoms with Crippen molar-refractivity contribution in [1.82, 2.24) is 5.32 Å². The molecule has 94 valence electrons. The Morgan fingerprint density at radius 2 is 2.17 bits per heavy atom. The van der Waals surface area contributed by atoms with Crippen LogP contribution in [-0.2, 0) is 0 Å². The Morgan fingerprint density at radius 3 is 2.89 bits per heavy atom. The predicted molar refractivity (Wildman–Crippen MR) is 70.1 cm³/mol. The molecule has 2 rings (SSSR count). The van der Waals surface area contributed by atoms with Gasteiger partial charge in [0.05, 0.1) is 12.0 Å². The summed E-state index contributed by atoms with van der Waals surface area (Å²) in [7, 11) is 0. The van der Waals surface area contributed by atoms with E-state index in [0.29, 0.717) is 0 Å². The molecule has 1 saturated carbocycles. The lowest BCUT2D eigenvalue weighted by atomic mass is 10.0. The van der Waals surface area contributed by atoms with Gasteiger partial charge in [0, 0.05) is 11.6 Å². The molecule has 0 aromatic heterocycles. The molecule has 2 atom stereocenters. The maximum atomic E-state index is 12.2. The molecule has 1 aliphatic rings. The maximum Gasteiger partial charge on any atom is 0.251 e. The third-order valence-corrected chi connectivity index (χ3v) is 3.64. The van der Waals surface area contributed by atoms with Crippen LogP contribution in [0, 0.1) is 31.1 Å². The van der Waals surface area contributed by atoms with Crippen molar-refractivity contribution >= 4 is 5.91 Å². The minimum atomic E-state index is -0.0525. The number of nitrogens with one attached hydrogen (secondary N) is 1. The average molecular weight is 242 g/mol. The Labute approximate surface area is 108 Å². The minimum Gasteiger partial charge on any atom is -0.348 e. The second-order valence-corrected chi connectivity index (χ2v) is 5.06. The predicted octanol–water partition coefficient (Wildman–Crippen LogP) is 2.73. The normalized spacial score (nSPS) is 22.5. The Balaban J connectivity index is 2.13. The number of hydrogen-bond acceptors (Lipinski definition) is 2. The Bertz CT molecular complexity index is 502. The molecule has 3 heteroatoms. The maximum absolute atomic E-state index is 12.2. The summed E-state index contributed by atoms with van der Waals surface area (Å²) < 4.78 is 0. The van der Waals surface area contributed by atoms with Gasteiger partial charge in [0.25, 0.3) is 5.91 Å². The van der Waals surface area contributed by atoms with E-state index in [-0.39, 0.29) is 17.9 Å². The molecular weight excluding hydrogens is 224 g/mol. The number of carbonyl (C=O) groups excluding carboxylic acids is 1. The molecule has 1 aromatic carbocycles. The van der Waals surface area contributed by atoms with Gasteiger partial charge in [0.1, 0.15) is 0 Å². The number of amides is 1. The Hall–Kier alpha value is -1.82. The van der Waals surface area contributed by atoms with Crippen molar-refractivity contribution in [1.29, 1.82) is 5.26 Å². The molecule has 2 unspecified atom stereocenters. The molecule has 0 radical (unpaired) electrons. The smallest absolute Gasteiger partial charge is 0.251 e. The van der Waals surface area contributed by atoms with Gasteiger partial charge < -0.3 is 5.32 Å². The summed E-state index contributed by atoms with van der Waals surface area (Å²) in [4.78, 5) is 12.2. The van der Waals surface area contributed by atoms with Crippen molar-refractivity contribution < 1.29 is 4.79 Å². The highest BCUT2D eigenvalue weighted by Gasteiger charge is 2.28. The van der Waals surface area contributed by atoms with E-state index in [2.05, 4.69) is 11.4 Å². The lowest BCUT2D eigenvalue weighted by molar-refractivity contribution is 0.0932. The molecule has 3 nitrogen and oxygen atoms in total. The summed E-state index contributed by atoms with van der Waals surface area (Å²) in [5.41, 5.74) is 2.78. The fourth-order valence-electron chi connectivity index (χ4n) is 2.51. The third kappa shape index (κ3) is 2.53. The van der Waals surface area contributed by atoms with Crippen molar-refractivity contribution in [3.8, 4) is 6.07 Å². The van der Waals surface area contributed by atoms with E-state index in [1.54, 1.807) is 0 Å². The van der Waals surface area contributed by atoms with E-state index in [1.807, 2.05) is 32.0 Å². The van der Waals surface area contributed by atoms with Gasteiger partial charge in [-0.3, -0.25) is 4.79 Å². The molecule has 0 saturated heterocycles. The topological polar surface area (TPSA) is 52.9 Å². The van der Waals surface area contributed by atoms with Gasteiger partial charge in [0.15, 0.2) is 0 Å². The second kappa shape index (κ2) is 5.22. The first-order chi connectivity index (χ1) is 8.61. The fourth-order valence-corrected chi connectivity index (χ4v) is 2.51. The number of benzene rings is 1. The fraction of sp³-hybridized carbons (Fsp3) is 0.467. The van der Waals surface area contributed by atoms with Crippen LogP contribution >= 0.6 is 0 Å². The van der Waals surface area contributed by atoms with Crippen LogP contribution in [-0.4, -0.2) is 11.9 Å². The van der Waals surface area contributed by atoms with Gasteiger partial charge in [-0.2, -0.15) is 5.26 Å². The third-order valence-electron chi connectivity index (χ3n) is 3.64. The number of aryl methyl sites for hydroxylation is 2. The zero-order chi connectivity index (χ0) is 13.1. The minimum absolute atomic E-state index is 0.0161. The molecule has 0 heterocycles. The van der Waals surface area contributed by atoms with E-state index in [1.165, 1.54) is 0 Å². The summed E-state index contributed by atoms with van der Waals surface area (Å²) in [5.74, 6) is -0.0811. The SMILES string of the molecule is Cc1ccc(C)c(C(=O)NC2CCCC2C#N)c1. The standard InChI is InChI=1S/C15H18N2O/c1-10-6-7-11(2)13(8-10)15(18)17-14-5-3-4-12(14)9-16/h6-8,12,14H,3-5H2,1-2H3,(H,17,18). The summed E-state index contributed by atoms with van der Waals surface area (Å²) in [6, 6.07) is 8.16. The number of rotatable bonds is 2. The highest BCUT2D eigenvalue weighted by molar-refractivity contribution is 5.96. The van der Waals surface area contributed by atoms with Crippen LogP contribution in [0.5, 0.6) is 0 Å². The highest BCUT2D eigenvalue weighted by Crippen LogP contribution is 2.25. The summed E-state index contributed by atoms with van der Waals surface area (Å²) in [5, 5.41) is 12.0. The van der Waals surface area contributed by atoms with Gasteiger partial charge in [-0.05, 0) is 44.7 Å². The zero-order valence-corrected chi connectivity index (χ0v) is 10.9. The lowest BCUT2D eigenvalue weighted by Crippen LogP contribution is -2.37. The molecule has 1 fully saturated rings. The van der Waals surface area contributed by atoms with E-state index in [9.17, 15) is 4.79 Å². The largest absolute Gasteiger partial charge is 0.348 e. The molecule has 1 aliphatic carbocycles. The highest BCUT2D eigenvalue weighted by atomic mass is 16.1. The van der Waals surface area contributed by atoms with Crippen LogP contribution in [0.4, 0.5) is 0 Å². The van der Waals surface area contributed by atoms with E-state index < -0.39 is 0 Å². The first-order valence-electron chi connectivity index (χ1n) is 6.39. The van der Waals surface area contributed by atoms with Crippen LogP contribution in [0.25, 0.3) is 0 Å². The first-order valence-corrected chi connectivity index (χ1v) is 6.39. The van der Waals surface area contributed by atoms with Crippen LogP contribution < -0.4 is 5.32 Å². The van der Waals surface area contributed by atoms with Crippen LogP contribution in [0.15, 0.2) is 18.2 Å². The van der Waals surface area contributed by atoms with E-state index >= 15 is 0 Å². The molecule has 0 spiro atoms. The molecule has 18 heavy (non-hydrogen) atoms. The quantitative estimate of drug-likeness (QED) is 0.867. The zero-order valence-electron chi connectivity index (χ0n) is 10.9. The van der Waals surface area contributed by atoms with Crippen molar-refractivity contribution in [3.63, 3.8) is 0 Å². The van der Waals surface area contributed by atoms with Crippen molar-refractivity contribution in [3.05, 3.63) is 34.9 Å². The van der Waals surface area contributed by atoms with Crippen molar-refractivity contribution in [2.24, 2.45) is 5.92 Å². The van der Waals surface area contributed by atoms with Gasteiger partial charge in [-0.1, -0.05) is 17.7 Å². The molecule has 0 bridgehead atoms. The van der Waals surface area contributed by atoms with Gasteiger partial charge in [-0.25, -0.2) is 0 Å². The first kappa shape index (κ1) is 12.6. The molecular formula is C15H18N2O. The van der Waals surface area contributed by atoms with Gasteiger partial charge in [-0.15, -0.1) is 0 Å². The van der Waals surface area contributed by atoms with Gasteiger partial charge >= 0.3 is 0 Å². The second-order valence-electron chi connectivity index (χ2n) is 5.06. The van der Waals surface area contributed by atoms with E-state index in [0.717, 1.165) is 36.0 Å². The van der Waals surface area contributed by atoms with Crippen LogP contribution in [0.2, 0.25) is 0 Å². The van der Waals surface area contributed by atoms with Crippen LogP contribution in [0.1, 0.15) is 40.7 Å². The Kier molecular flexibility index (Phi) is 3.66. The summed E-state index contributed by atoms with van der Waals surface area (Å²) >= 11 is 0. The molecule has 1 aromatic rings. The van der Waals surface area contributed by atoms with E-state index in [4.69, 9.17) is 5.26 Å². The molecule has 1 N–H and O–H groups in total. The molecule has 0 aliphatic heterocycles. The van der Waals surface area contributed by atoms with Gasteiger partial charge in [0.2, 0.25) is 0 Å². The Morgan fingerprint density at radius 1 is 1.39 bits per heavy atom. The molecule has 1 amide bonds. The summed E-state index contributed by atoms with van der Waals surface area (Å²) in [6.45, 7) is 3.91. The summed E-state index contributed by atoms with van der Waals surface area (Å²) in [6.07, 6.45) is 2.83. The monoisotopic (exact) mass is 242 g/mol. The number of nitriles is 1. The van der Waals surface area contributed by atoms with Crippen molar-refractivity contribution in [2.75, 3.05) is 0 Å². The van der Waals surface area contributed by atoms with Crippen molar-refractivity contribution in [2.45, 2.75) is 39.2 Å². The van der Waals surface area contributed by atoms with Crippen LogP contribution in [0.3, 0.4) is 0 Å².